The molecule has 1 aliphatic carbocycles. The Kier molecular flexibility index (Phi) is 7.65. The lowest BCUT2D eigenvalue weighted by Crippen LogP contribution is -2.86. The molecule has 0 radical (unpaired) electrons. The van der Waals surface area contributed by atoms with Crippen molar-refractivity contribution in [3.05, 3.63) is 0 Å². The van der Waals surface area contributed by atoms with Crippen LogP contribution in [0.15, 0.2) is 0 Å². The molecule has 32 heavy (non-hydrogen) atoms. The van der Waals surface area contributed by atoms with Crippen LogP contribution in [0.3, 0.4) is 0 Å². The Balaban J connectivity index is 1.47. The fraction of sp³-hybridized carbons (Fsp3) is 0.826. The molecule has 4 aliphatic rings. The van der Waals surface area contributed by atoms with Crippen molar-refractivity contribution in [2.24, 2.45) is 11.8 Å². The molecule has 0 unspecified atom stereocenters. The first kappa shape index (κ1) is 23.0. The highest BCUT2D eigenvalue weighted by atomic mass is 16.2. The average molecular weight is 449 g/mol. The first-order chi connectivity index (χ1) is 15.5. The molecule has 3 saturated heterocycles. The van der Waals surface area contributed by atoms with Gasteiger partial charge in [0.05, 0.1) is 19.6 Å². The van der Waals surface area contributed by atoms with E-state index in [1.807, 2.05) is 0 Å². The van der Waals surface area contributed by atoms with Crippen LogP contribution in [0.4, 0.5) is 0 Å². The summed E-state index contributed by atoms with van der Waals surface area (Å²) in [6.07, 6.45) is 8.13. The molecule has 0 aromatic heterocycles. The van der Waals surface area contributed by atoms with E-state index in [9.17, 15) is 19.2 Å². The molecule has 0 bridgehead atoms. The maximum atomic E-state index is 13.4. The minimum Gasteiger partial charge on any atom is -0.354 e. The van der Waals surface area contributed by atoms with Crippen molar-refractivity contribution in [3.63, 3.8) is 0 Å². The third-order valence-corrected chi connectivity index (χ3v) is 7.62. The summed E-state index contributed by atoms with van der Waals surface area (Å²) < 4.78 is 0. The second kappa shape index (κ2) is 10.6. The van der Waals surface area contributed by atoms with Gasteiger partial charge in [0.15, 0.2) is 0 Å². The maximum Gasteiger partial charge on any atom is 0.245 e. The maximum absolute atomic E-state index is 13.4. The largest absolute Gasteiger partial charge is 0.354 e. The number of carbonyl (C=O) groups is 4. The second-order valence-electron chi connectivity index (χ2n) is 9.80. The fourth-order valence-electron chi connectivity index (χ4n) is 5.66. The molecule has 1 saturated carbocycles. The molecule has 0 spiro atoms. The number of piperidine rings is 2. The Bertz CT molecular complexity index is 717. The van der Waals surface area contributed by atoms with Gasteiger partial charge in [-0.05, 0) is 25.7 Å². The van der Waals surface area contributed by atoms with Gasteiger partial charge in [-0.15, -0.1) is 0 Å². The van der Waals surface area contributed by atoms with E-state index in [1.165, 1.54) is 0 Å². The molecule has 3 aliphatic heterocycles. The highest BCUT2D eigenvalue weighted by Gasteiger charge is 2.41. The zero-order valence-electron chi connectivity index (χ0n) is 19.0. The fourth-order valence-corrected chi connectivity index (χ4v) is 5.66. The summed E-state index contributed by atoms with van der Waals surface area (Å²) in [6, 6.07) is -1.30. The molecule has 0 aromatic rings. The molecule has 9 heteroatoms. The third kappa shape index (κ3) is 5.24. The molecule has 3 heterocycles. The van der Waals surface area contributed by atoms with Gasteiger partial charge in [-0.2, -0.15) is 0 Å². The highest BCUT2D eigenvalue weighted by molar-refractivity contribution is 5.93. The molecule has 4 N–H and O–H groups in total. The minimum atomic E-state index is -0.730. The van der Waals surface area contributed by atoms with Gasteiger partial charge < -0.3 is 25.8 Å². The van der Waals surface area contributed by atoms with E-state index in [0.717, 1.165) is 64.5 Å². The van der Waals surface area contributed by atoms with Crippen molar-refractivity contribution in [2.75, 3.05) is 39.3 Å². The number of amides is 4. The van der Waals surface area contributed by atoms with Gasteiger partial charge in [-0.3, -0.25) is 19.2 Å². The number of nitrogens with two attached hydrogens (primary N) is 1. The number of rotatable bonds is 4. The highest BCUT2D eigenvalue weighted by Crippen LogP contribution is 2.27. The van der Waals surface area contributed by atoms with Crippen molar-refractivity contribution in [3.8, 4) is 0 Å². The average Bonchev–Trinajstić information content (AvgIpc) is 2.85. The first-order valence-electron chi connectivity index (χ1n) is 12.5. The number of nitrogens with zero attached hydrogens (tertiary/aromatic N) is 2. The Hall–Kier alpha value is -2.16. The van der Waals surface area contributed by atoms with Crippen LogP contribution in [0.25, 0.3) is 0 Å². The topological polar surface area (TPSA) is 115 Å². The summed E-state index contributed by atoms with van der Waals surface area (Å²) in [5, 5.41) is 7.90. The summed E-state index contributed by atoms with van der Waals surface area (Å²) in [5.74, 6) is -0.363. The third-order valence-electron chi connectivity index (χ3n) is 7.62. The van der Waals surface area contributed by atoms with Crippen LogP contribution in [0.5, 0.6) is 0 Å². The van der Waals surface area contributed by atoms with Crippen LogP contribution in [-0.2, 0) is 19.2 Å². The SMILES string of the molecule is O=C1NCCC[C@@H]1NC(=O)[C@H]1CN(C(=O)C2CC[NH2+]CC2)CCN1C(=O)C1CCCCC1. The van der Waals surface area contributed by atoms with Gasteiger partial charge in [-0.25, -0.2) is 0 Å². The standard InChI is InChI=1S/C23H37N5O4/c29-20-18(7-4-10-25-20)26-21(30)19-15-27(22(31)17-8-11-24-12-9-17)13-14-28(19)23(32)16-5-2-1-3-6-16/h16-19,24H,1-15H2,(H,25,29)(H,26,30)/p+1/t18-,19+/m0/s1. The van der Waals surface area contributed by atoms with Gasteiger partial charge in [0, 0.05) is 44.3 Å². The number of nitrogens with one attached hydrogen (secondary N) is 2. The lowest BCUT2D eigenvalue weighted by molar-refractivity contribution is -0.664. The van der Waals surface area contributed by atoms with Crippen LogP contribution >= 0.6 is 0 Å². The lowest BCUT2D eigenvalue weighted by atomic mass is 9.87. The molecule has 178 valence electrons. The molecule has 9 nitrogen and oxygen atoms in total. The summed E-state index contributed by atoms with van der Waals surface area (Å²) in [7, 11) is 0. The van der Waals surface area contributed by atoms with Crippen molar-refractivity contribution >= 4 is 23.6 Å². The second-order valence-corrected chi connectivity index (χ2v) is 9.80. The van der Waals surface area contributed by atoms with Crippen molar-refractivity contribution in [2.45, 2.75) is 69.9 Å². The zero-order chi connectivity index (χ0) is 22.5. The quantitative estimate of drug-likeness (QED) is 0.510. The van der Waals surface area contributed by atoms with E-state index < -0.39 is 12.1 Å². The molecule has 0 aromatic carbocycles. The van der Waals surface area contributed by atoms with E-state index in [2.05, 4.69) is 16.0 Å². The summed E-state index contributed by atoms with van der Waals surface area (Å²) in [6.45, 7) is 3.62. The summed E-state index contributed by atoms with van der Waals surface area (Å²) >= 11 is 0. The van der Waals surface area contributed by atoms with E-state index >= 15 is 0 Å². The number of hydrogen-bond acceptors (Lipinski definition) is 4. The number of carbonyl (C=O) groups excluding carboxylic acids is 4. The molecular formula is C23H38N5O4+. The Morgan fingerprint density at radius 1 is 0.875 bits per heavy atom. The number of quaternary nitrogens is 1. The van der Waals surface area contributed by atoms with Crippen LogP contribution in [0.2, 0.25) is 0 Å². The predicted molar refractivity (Wildman–Crippen MR) is 117 cm³/mol. The summed E-state index contributed by atoms with van der Waals surface area (Å²) in [4.78, 5) is 55.5. The first-order valence-corrected chi connectivity index (χ1v) is 12.5. The Labute approximate surface area is 190 Å². The van der Waals surface area contributed by atoms with Crippen LogP contribution < -0.4 is 16.0 Å². The van der Waals surface area contributed by atoms with Crippen molar-refractivity contribution in [1.29, 1.82) is 0 Å². The predicted octanol–water partition coefficient (Wildman–Crippen LogP) is -1.03. The summed E-state index contributed by atoms with van der Waals surface area (Å²) in [5.41, 5.74) is 0. The van der Waals surface area contributed by atoms with Crippen LogP contribution in [-0.4, -0.2) is 84.8 Å². The number of piperazine rings is 1. The molecule has 4 rings (SSSR count). The molecule has 4 amide bonds. The normalized spacial score (nSPS) is 28.2. The van der Waals surface area contributed by atoms with Crippen molar-refractivity contribution < 1.29 is 24.5 Å². The van der Waals surface area contributed by atoms with E-state index in [1.54, 1.807) is 9.80 Å². The van der Waals surface area contributed by atoms with Gasteiger partial charge in [-0.1, -0.05) is 19.3 Å². The lowest BCUT2D eigenvalue weighted by Gasteiger charge is -2.43. The van der Waals surface area contributed by atoms with Crippen molar-refractivity contribution in [1.82, 2.24) is 20.4 Å². The van der Waals surface area contributed by atoms with Gasteiger partial charge in [0.2, 0.25) is 23.6 Å². The van der Waals surface area contributed by atoms with E-state index in [-0.39, 0.29) is 42.0 Å². The smallest absolute Gasteiger partial charge is 0.245 e. The molecule has 2 atom stereocenters. The zero-order valence-corrected chi connectivity index (χ0v) is 19.0. The van der Waals surface area contributed by atoms with E-state index in [0.29, 0.717) is 26.1 Å². The molecule has 4 fully saturated rings. The molecular weight excluding hydrogens is 410 g/mol. The number of hydrogen-bond donors (Lipinski definition) is 3. The van der Waals surface area contributed by atoms with Crippen LogP contribution in [0.1, 0.15) is 57.8 Å². The monoisotopic (exact) mass is 448 g/mol. The van der Waals surface area contributed by atoms with Crippen LogP contribution in [0, 0.1) is 11.8 Å². The van der Waals surface area contributed by atoms with Gasteiger partial charge in [0.1, 0.15) is 12.1 Å². The van der Waals surface area contributed by atoms with Gasteiger partial charge >= 0.3 is 0 Å². The Morgan fingerprint density at radius 2 is 1.59 bits per heavy atom. The Morgan fingerprint density at radius 3 is 2.31 bits per heavy atom. The minimum absolute atomic E-state index is 0.00781. The van der Waals surface area contributed by atoms with E-state index in [4.69, 9.17) is 0 Å². The van der Waals surface area contributed by atoms with Gasteiger partial charge in [0.25, 0.3) is 0 Å².